The molecule has 1 heterocycles. The number of nitrogens with two attached hydrogens (primary N) is 1. The Bertz CT molecular complexity index is 487. The molecule has 2 rings (SSSR count). The summed E-state index contributed by atoms with van der Waals surface area (Å²) >= 11 is 5.90. The molecule has 0 saturated carbocycles. The molecule has 0 unspecified atom stereocenters. The SMILES string of the molecule is COc1cc(Cl)ccc1CNC(=O)C1(N)CCOCC1. The van der Waals surface area contributed by atoms with Gasteiger partial charge in [-0.3, -0.25) is 4.79 Å². The van der Waals surface area contributed by atoms with Crippen LogP contribution in [0.3, 0.4) is 0 Å². The van der Waals surface area contributed by atoms with Gasteiger partial charge in [-0.2, -0.15) is 0 Å². The second kappa shape index (κ2) is 6.43. The van der Waals surface area contributed by atoms with E-state index in [0.29, 0.717) is 43.4 Å². The second-order valence-electron chi connectivity index (χ2n) is 4.91. The molecule has 0 bridgehead atoms. The van der Waals surface area contributed by atoms with Gasteiger partial charge in [-0.05, 0) is 25.0 Å². The second-order valence-corrected chi connectivity index (χ2v) is 5.34. The maximum absolute atomic E-state index is 12.2. The van der Waals surface area contributed by atoms with Crippen LogP contribution < -0.4 is 15.8 Å². The van der Waals surface area contributed by atoms with Gasteiger partial charge in [0.15, 0.2) is 0 Å². The number of carbonyl (C=O) groups excluding carboxylic acids is 1. The highest BCUT2D eigenvalue weighted by molar-refractivity contribution is 6.30. The van der Waals surface area contributed by atoms with Crippen LogP contribution in [0.2, 0.25) is 5.02 Å². The third-order valence-electron chi connectivity index (χ3n) is 3.53. The van der Waals surface area contributed by atoms with Crippen molar-refractivity contribution in [1.29, 1.82) is 0 Å². The van der Waals surface area contributed by atoms with Gasteiger partial charge in [0.25, 0.3) is 0 Å². The summed E-state index contributed by atoms with van der Waals surface area (Å²) in [7, 11) is 1.57. The van der Waals surface area contributed by atoms with E-state index in [-0.39, 0.29) is 5.91 Å². The van der Waals surface area contributed by atoms with Crippen LogP contribution in [-0.4, -0.2) is 31.8 Å². The number of ether oxygens (including phenoxy) is 2. The van der Waals surface area contributed by atoms with Crippen molar-refractivity contribution in [3.05, 3.63) is 28.8 Å². The van der Waals surface area contributed by atoms with E-state index in [4.69, 9.17) is 26.8 Å². The van der Waals surface area contributed by atoms with E-state index >= 15 is 0 Å². The summed E-state index contributed by atoms with van der Waals surface area (Å²) in [5.74, 6) is 0.494. The van der Waals surface area contributed by atoms with E-state index in [1.165, 1.54) is 0 Å². The molecule has 0 spiro atoms. The Morgan fingerprint density at radius 1 is 1.50 bits per heavy atom. The van der Waals surface area contributed by atoms with Crippen molar-refractivity contribution in [2.75, 3.05) is 20.3 Å². The molecule has 1 fully saturated rings. The van der Waals surface area contributed by atoms with E-state index in [1.54, 1.807) is 19.2 Å². The van der Waals surface area contributed by atoms with E-state index in [1.807, 2.05) is 6.07 Å². The summed E-state index contributed by atoms with van der Waals surface area (Å²) in [6, 6.07) is 5.31. The van der Waals surface area contributed by atoms with Crippen molar-refractivity contribution in [2.45, 2.75) is 24.9 Å². The van der Waals surface area contributed by atoms with E-state index in [0.717, 1.165) is 5.56 Å². The van der Waals surface area contributed by atoms with Gasteiger partial charge in [-0.15, -0.1) is 0 Å². The van der Waals surface area contributed by atoms with Gasteiger partial charge in [0.05, 0.1) is 12.6 Å². The number of hydrogen-bond donors (Lipinski definition) is 2. The summed E-state index contributed by atoms with van der Waals surface area (Å²) < 4.78 is 10.5. The zero-order chi connectivity index (χ0) is 14.6. The highest BCUT2D eigenvalue weighted by Gasteiger charge is 2.35. The molecule has 1 saturated heterocycles. The van der Waals surface area contributed by atoms with E-state index in [9.17, 15) is 4.79 Å². The number of hydrogen-bond acceptors (Lipinski definition) is 4. The molecular weight excluding hydrogens is 280 g/mol. The van der Waals surface area contributed by atoms with Crippen LogP contribution in [-0.2, 0) is 16.1 Å². The summed E-state index contributed by atoms with van der Waals surface area (Å²) in [5, 5.41) is 3.45. The third kappa shape index (κ3) is 3.42. The lowest BCUT2D eigenvalue weighted by atomic mass is 9.90. The fourth-order valence-electron chi connectivity index (χ4n) is 2.18. The van der Waals surface area contributed by atoms with Crippen molar-refractivity contribution in [2.24, 2.45) is 5.73 Å². The molecule has 1 amide bonds. The van der Waals surface area contributed by atoms with Gasteiger partial charge in [0.2, 0.25) is 5.91 Å². The van der Waals surface area contributed by atoms with E-state index < -0.39 is 5.54 Å². The minimum absolute atomic E-state index is 0.155. The van der Waals surface area contributed by atoms with Crippen molar-refractivity contribution in [1.82, 2.24) is 5.32 Å². The molecule has 0 radical (unpaired) electrons. The topological polar surface area (TPSA) is 73.6 Å². The maximum Gasteiger partial charge on any atom is 0.240 e. The molecule has 0 aliphatic carbocycles. The number of benzene rings is 1. The lowest BCUT2D eigenvalue weighted by Crippen LogP contribution is -2.56. The molecule has 1 aliphatic rings. The largest absolute Gasteiger partial charge is 0.496 e. The Morgan fingerprint density at radius 3 is 2.85 bits per heavy atom. The first-order valence-electron chi connectivity index (χ1n) is 6.52. The van der Waals surface area contributed by atoms with Crippen molar-refractivity contribution in [3.63, 3.8) is 0 Å². The molecular formula is C14H19ClN2O3. The minimum Gasteiger partial charge on any atom is -0.496 e. The zero-order valence-corrected chi connectivity index (χ0v) is 12.2. The Kier molecular flexibility index (Phi) is 4.86. The zero-order valence-electron chi connectivity index (χ0n) is 11.4. The number of nitrogens with one attached hydrogen (secondary N) is 1. The smallest absolute Gasteiger partial charge is 0.240 e. The average molecular weight is 299 g/mol. The fraction of sp³-hybridized carbons (Fsp3) is 0.500. The van der Waals surface area contributed by atoms with Crippen LogP contribution in [0.15, 0.2) is 18.2 Å². The van der Waals surface area contributed by atoms with Crippen LogP contribution in [0.5, 0.6) is 5.75 Å². The number of halogens is 1. The normalized spacial score (nSPS) is 17.6. The van der Waals surface area contributed by atoms with Gasteiger partial charge < -0.3 is 20.5 Å². The lowest BCUT2D eigenvalue weighted by Gasteiger charge is -2.31. The van der Waals surface area contributed by atoms with Crippen molar-refractivity contribution in [3.8, 4) is 5.75 Å². The van der Waals surface area contributed by atoms with Crippen LogP contribution in [0, 0.1) is 0 Å². The van der Waals surface area contributed by atoms with Crippen LogP contribution >= 0.6 is 11.6 Å². The van der Waals surface area contributed by atoms with Crippen LogP contribution in [0.25, 0.3) is 0 Å². The number of methoxy groups -OCH3 is 1. The Labute approximate surface area is 123 Å². The van der Waals surface area contributed by atoms with Gasteiger partial charge >= 0.3 is 0 Å². The molecule has 5 nitrogen and oxygen atoms in total. The summed E-state index contributed by atoms with van der Waals surface area (Å²) in [6.07, 6.45) is 1.08. The van der Waals surface area contributed by atoms with E-state index in [2.05, 4.69) is 5.32 Å². The standard InChI is InChI=1S/C14H19ClN2O3/c1-19-12-8-11(15)3-2-10(12)9-17-13(18)14(16)4-6-20-7-5-14/h2-3,8H,4-7,9,16H2,1H3,(H,17,18). The molecule has 1 aromatic rings. The van der Waals surface area contributed by atoms with Gasteiger partial charge in [0, 0.05) is 30.3 Å². The summed E-state index contributed by atoms with van der Waals surface area (Å²) in [4.78, 5) is 12.2. The molecule has 20 heavy (non-hydrogen) atoms. The quantitative estimate of drug-likeness (QED) is 0.883. The molecule has 0 aromatic heterocycles. The molecule has 1 aromatic carbocycles. The number of carbonyl (C=O) groups is 1. The van der Waals surface area contributed by atoms with Crippen molar-refractivity contribution < 1.29 is 14.3 Å². The third-order valence-corrected chi connectivity index (χ3v) is 3.76. The highest BCUT2D eigenvalue weighted by atomic mass is 35.5. The molecule has 6 heteroatoms. The average Bonchev–Trinajstić information content (AvgIpc) is 2.46. The fourth-order valence-corrected chi connectivity index (χ4v) is 2.34. The van der Waals surface area contributed by atoms with Crippen molar-refractivity contribution >= 4 is 17.5 Å². The summed E-state index contributed by atoms with van der Waals surface area (Å²) in [5.41, 5.74) is 6.14. The Balaban J connectivity index is 1.99. The first-order valence-corrected chi connectivity index (χ1v) is 6.90. The van der Waals surface area contributed by atoms with Gasteiger partial charge in [-0.1, -0.05) is 17.7 Å². The predicted octanol–water partition coefficient (Wildman–Crippen LogP) is 1.47. The van der Waals surface area contributed by atoms with Crippen LogP contribution in [0.1, 0.15) is 18.4 Å². The number of rotatable bonds is 4. The first kappa shape index (κ1) is 15.1. The summed E-state index contributed by atoms with van der Waals surface area (Å²) in [6.45, 7) is 1.40. The molecule has 110 valence electrons. The highest BCUT2D eigenvalue weighted by Crippen LogP contribution is 2.23. The Hall–Kier alpha value is -1.30. The number of amides is 1. The molecule has 0 atom stereocenters. The monoisotopic (exact) mass is 298 g/mol. The molecule has 3 N–H and O–H groups in total. The van der Waals surface area contributed by atoms with Gasteiger partial charge in [-0.25, -0.2) is 0 Å². The molecule has 1 aliphatic heterocycles. The minimum atomic E-state index is -0.835. The first-order chi connectivity index (χ1) is 9.55. The Morgan fingerprint density at radius 2 is 2.20 bits per heavy atom. The van der Waals surface area contributed by atoms with Crippen LogP contribution in [0.4, 0.5) is 0 Å². The lowest BCUT2D eigenvalue weighted by molar-refractivity contribution is -0.129. The predicted molar refractivity (Wildman–Crippen MR) is 76.8 cm³/mol. The maximum atomic E-state index is 12.2. The van der Waals surface area contributed by atoms with Gasteiger partial charge in [0.1, 0.15) is 5.75 Å².